The van der Waals surface area contributed by atoms with Gasteiger partial charge in [0.05, 0.1) is 16.8 Å². The summed E-state index contributed by atoms with van der Waals surface area (Å²) in [6.45, 7) is 0. The Kier molecular flexibility index (Phi) is 5.01. The molecule has 0 bridgehead atoms. The van der Waals surface area contributed by atoms with Crippen molar-refractivity contribution < 1.29 is 0 Å². The summed E-state index contributed by atoms with van der Waals surface area (Å²) in [6, 6.07) is 22.7. The zero-order valence-electron chi connectivity index (χ0n) is 14.1. The van der Waals surface area contributed by atoms with E-state index in [0.29, 0.717) is 21.7 Å². The molecule has 0 unspecified atom stereocenters. The molecule has 4 nitrogen and oxygen atoms in total. The van der Waals surface area contributed by atoms with E-state index in [-0.39, 0.29) is 0 Å². The number of hydrogen-bond donors (Lipinski definition) is 1. The molecule has 6 heteroatoms. The minimum absolute atomic E-state index is 0.545. The Labute approximate surface area is 166 Å². The van der Waals surface area contributed by atoms with Crippen molar-refractivity contribution in [1.82, 2.24) is 9.97 Å². The summed E-state index contributed by atoms with van der Waals surface area (Å²) in [5.74, 6) is 1.16. The van der Waals surface area contributed by atoms with Crippen LogP contribution in [0.2, 0.25) is 10.0 Å². The highest BCUT2D eigenvalue weighted by Gasteiger charge is 2.11. The zero-order valence-corrected chi connectivity index (χ0v) is 15.6. The summed E-state index contributed by atoms with van der Waals surface area (Å²) >= 11 is 12.2. The fraction of sp³-hybridized carbons (Fsp3) is 0. The van der Waals surface area contributed by atoms with Crippen molar-refractivity contribution in [2.45, 2.75) is 0 Å². The van der Waals surface area contributed by atoms with E-state index >= 15 is 0 Å². The smallest absolute Gasteiger partial charge is 0.163 e. The average molecular weight is 393 g/mol. The van der Waals surface area contributed by atoms with Crippen LogP contribution in [-0.4, -0.2) is 16.2 Å². The predicted molar refractivity (Wildman–Crippen MR) is 113 cm³/mol. The molecular weight excluding hydrogens is 379 g/mol. The van der Waals surface area contributed by atoms with Crippen molar-refractivity contribution in [3.63, 3.8) is 0 Å². The second kappa shape index (κ2) is 7.74. The molecule has 0 fully saturated rings. The third-order valence-electron chi connectivity index (χ3n) is 3.97. The molecule has 0 radical (unpaired) electrons. The summed E-state index contributed by atoms with van der Waals surface area (Å²) in [6.07, 6.45) is 1.71. The Hall–Kier alpha value is -2.95. The number of benzene rings is 3. The van der Waals surface area contributed by atoms with E-state index in [1.807, 2.05) is 72.8 Å². The van der Waals surface area contributed by atoms with Crippen LogP contribution in [0, 0.1) is 0 Å². The quantitative estimate of drug-likeness (QED) is 0.339. The first-order valence-electron chi connectivity index (χ1n) is 8.27. The van der Waals surface area contributed by atoms with E-state index in [0.717, 1.165) is 22.0 Å². The molecule has 4 aromatic rings. The monoisotopic (exact) mass is 392 g/mol. The van der Waals surface area contributed by atoms with Crippen molar-refractivity contribution >= 4 is 46.1 Å². The zero-order chi connectivity index (χ0) is 18.6. The summed E-state index contributed by atoms with van der Waals surface area (Å²) in [7, 11) is 0. The minimum Gasteiger partial charge on any atom is -0.261 e. The lowest BCUT2D eigenvalue weighted by atomic mass is 10.2. The van der Waals surface area contributed by atoms with Gasteiger partial charge in [-0.25, -0.2) is 9.97 Å². The van der Waals surface area contributed by atoms with Gasteiger partial charge in [0.25, 0.3) is 0 Å². The number of rotatable bonds is 4. The predicted octanol–water partition coefficient (Wildman–Crippen LogP) is 6.05. The van der Waals surface area contributed by atoms with Gasteiger partial charge in [0.15, 0.2) is 11.6 Å². The first kappa shape index (κ1) is 17.5. The maximum atomic E-state index is 6.32. The van der Waals surface area contributed by atoms with Gasteiger partial charge < -0.3 is 0 Å². The fourth-order valence-electron chi connectivity index (χ4n) is 2.64. The van der Waals surface area contributed by atoms with Gasteiger partial charge in [-0.15, -0.1) is 0 Å². The molecule has 4 rings (SSSR count). The summed E-state index contributed by atoms with van der Waals surface area (Å²) in [4.78, 5) is 9.28. The van der Waals surface area contributed by atoms with Crippen LogP contribution in [0.25, 0.3) is 22.3 Å². The summed E-state index contributed by atoms with van der Waals surface area (Å²) in [5, 5.41) is 6.47. The number of anilines is 1. The van der Waals surface area contributed by atoms with Crippen LogP contribution in [-0.2, 0) is 0 Å². The van der Waals surface area contributed by atoms with E-state index in [1.165, 1.54) is 0 Å². The average Bonchev–Trinajstić information content (AvgIpc) is 2.69. The highest BCUT2D eigenvalue weighted by molar-refractivity contribution is 6.33. The van der Waals surface area contributed by atoms with Crippen LogP contribution < -0.4 is 5.43 Å². The molecule has 0 saturated heterocycles. The molecule has 0 aliphatic rings. The number of fused-ring (bicyclic) bond motifs is 1. The lowest BCUT2D eigenvalue weighted by Gasteiger charge is -2.09. The topological polar surface area (TPSA) is 50.2 Å². The van der Waals surface area contributed by atoms with Crippen LogP contribution in [0.3, 0.4) is 0 Å². The standard InChI is InChI=1S/C21H14Cl2N4/c22-15-11-9-14(10-12-15)13-24-27-21-17-6-2-4-8-19(17)25-20(26-21)16-5-1-3-7-18(16)23/h1-13H,(H,25,26,27)/b24-13+. The van der Waals surface area contributed by atoms with Crippen molar-refractivity contribution in [2.24, 2.45) is 5.10 Å². The number of halogens is 2. The maximum Gasteiger partial charge on any atom is 0.163 e. The number of aromatic nitrogens is 2. The molecule has 0 atom stereocenters. The van der Waals surface area contributed by atoms with Crippen LogP contribution in [0.1, 0.15) is 5.56 Å². The van der Waals surface area contributed by atoms with E-state index in [4.69, 9.17) is 23.2 Å². The molecule has 3 aromatic carbocycles. The molecule has 0 aliphatic heterocycles. The Morgan fingerprint density at radius 1 is 0.815 bits per heavy atom. The highest BCUT2D eigenvalue weighted by atomic mass is 35.5. The van der Waals surface area contributed by atoms with Gasteiger partial charge in [-0.05, 0) is 42.0 Å². The molecular formula is C21H14Cl2N4. The van der Waals surface area contributed by atoms with Crippen molar-refractivity contribution in [2.75, 3.05) is 5.43 Å². The molecule has 132 valence electrons. The lowest BCUT2D eigenvalue weighted by Crippen LogP contribution is -1.99. The summed E-state index contributed by atoms with van der Waals surface area (Å²) in [5.41, 5.74) is 5.53. The highest BCUT2D eigenvalue weighted by Crippen LogP contribution is 2.29. The van der Waals surface area contributed by atoms with Crippen molar-refractivity contribution in [1.29, 1.82) is 0 Å². The van der Waals surface area contributed by atoms with Crippen LogP contribution in [0.4, 0.5) is 5.82 Å². The van der Waals surface area contributed by atoms with Gasteiger partial charge in [0.2, 0.25) is 0 Å². The van der Waals surface area contributed by atoms with Gasteiger partial charge in [-0.3, -0.25) is 5.43 Å². The molecule has 1 aromatic heterocycles. The van der Waals surface area contributed by atoms with Gasteiger partial charge in [-0.1, -0.05) is 59.6 Å². The Balaban J connectivity index is 1.72. The van der Waals surface area contributed by atoms with Gasteiger partial charge in [-0.2, -0.15) is 5.10 Å². The molecule has 0 saturated carbocycles. The molecule has 1 N–H and O–H groups in total. The molecule has 27 heavy (non-hydrogen) atoms. The first-order valence-corrected chi connectivity index (χ1v) is 9.02. The van der Waals surface area contributed by atoms with Crippen molar-refractivity contribution in [3.8, 4) is 11.4 Å². The lowest BCUT2D eigenvalue weighted by molar-refractivity contribution is 1.19. The van der Waals surface area contributed by atoms with E-state index in [1.54, 1.807) is 6.21 Å². The number of hydrogen-bond acceptors (Lipinski definition) is 4. The third kappa shape index (κ3) is 3.92. The SMILES string of the molecule is Clc1ccc(/C=N/Nc2nc(-c3ccccc3Cl)nc3ccccc23)cc1. The minimum atomic E-state index is 0.545. The Morgan fingerprint density at radius 3 is 2.37 bits per heavy atom. The number of hydrazone groups is 1. The Bertz CT molecular complexity index is 1120. The molecule has 0 amide bonds. The Morgan fingerprint density at radius 2 is 1.56 bits per heavy atom. The fourth-order valence-corrected chi connectivity index (χ4v) is 2.99. The number of para-hydroxylation sites is 1. The van der Waals surface area contributed by atoms with Gasteiger partial charge in [0.1, 0.15) is 0 Å². The van der Waals surface area contributed by atoms with E-state index in [2.05, 4.69) is 20.5 Å². The van der Waals surface area contributed by atoms with Crippen LogP contribution in [0.15, 0.2) is 77.9 Å². The molecule has 0 spiro atoms. The van der Waals surface area contributed by atoms with Crippen LogP contribution >= 0.6 is 23.2 Å². The van der Waals surface area contributed by atoms with E-state index < -0.39 is 0 Å². The maximum absolute atomic E-state index is 6.32. The number of nitrogens with zero attached hydrogens (tertiary/aromatic N) is 3. The van der Waals surface area contributed by atoms with E-state index in [9.17, 15) is 0 Å². The molecule has 1 heterocycles. The van der Waals surface area contributed by atoms with Crippen LogP contribution in [0.5, 0.6) is 0 Å². The summed E-state index contributed by atoms with van der Waals surface area (Å²) < 4.78 is 0. The number of nitrogens with one attached hydrogen (secondary N) is 1. The molecule has 0 aliphatic carbocycles. The van der Waals surface area contributed by atoms with Gasteiger partial charge in [0, 0.05) is 16.0 Å². The second-order valence-corrected chi connectivity index (χ2v) is 6.66. The third-order valence-corrected chi connectivity index (χ3v) is 4.55. The second-order valence-electron chi connectivity index (χ2n) is 5.81. The van der Waals surface area contributed by atoms with Crippen molar-refractivity contribution in [3.05, 3.63) is 88.4 Å². The first-order chi connectivity index (χ1) is 13.2. The normalized spacial score (nSPS) is 11.2. The largest absolute Gasteiger partial charge is 0.261 e. The van der Waals surface area contributed by atoms with Gasteiger partial charge >= 0.3 is 0 Å².